The summed E-state index contributed by atoms with van der Waals surface area (Å²) in [5.41, 5.74) is -0.241. The van der Waals surface area contributed by atoms with Crippen molar-refractivity contribution in [2.45, 2.75) is 101 Å². The van der Waals surface area contributed by atoms with Crippen molar-refractivity contribution in [3.05, 3.63) is 28.9 Å². The van der Waals surface area contributed by atoms with Gasteiger partial charge >= 0.3 is 6.36 Å². The first kappa shape index (κ1) is 28.8. The number of sulfonamides is 1. The van der Waals surface area contributed by atoms with E-state index in [9.17, 15) is 26.4 Å². The van der Waals surface area contributed by atoms with Crippen LogP contribution in [0.15, 0.2) is 23.1 Å². The van der Waals surface area contributed by atoms with E-state index in [4.69, 9.17) is 0 Å². The Morgan fingerprint density at radius 3 is 2.34 bits per heavy atom. The summed E-state index contributed by atoms with van der Waals surface area (Å²) in [7, 11) is -4.12. The first-order valence-corrected chi connectivity index (χ1v) is 15.2. The topological polar surface area (TPSA) is 97.4 Å². The van der Waals surface area contributed by atoms with E-state index in [1.165, 1.54) is 12.1 Å². The summed E-state index contributed by atoms with van der Waals surface area (Å²) in [5, 5.41) is 3.12. The van der Waals surface area contributed by atoms with E-state index in [1.54, 1.807) is 20.8 Å². The molecule has 2 saturated carbocycles. The molecule has 4 rings (SSSR count). The van der Waals surface area contributed by atoms with Crippen molar-refractivity contribution in [3.63, 3.8) is 0 Å². The lowest BCUT2D eigenvalue weighted by Gasteiger charge is -2.25. The van der Waals surface area contributed by atoms with Crippen LogP contribution in [-0.2, 0) is 16.4 Å². The van der Waals surface area contributed by atoms with E-state index in [0.29, 0.717) is 22.9 Å². The highest BCUT2D eigenvalue weighted by atomic mass is 32.2. The van der Waals surface area contributed by atoms with Gasteiger partial charge in [-0.15, -0.1) is 24.5 Å². The van der Waals surface area contributed by atoms with Gasteiger partial charge < -0.3 is 10.1 Å². The smallest absolute Gasteiger partial charge is 0.405 e. The van der Waals surface area contributed by atoms with E-state index in [0.717, 1.165) is 68.8 Å². The van der Waals surface area contributed by atoms with Gasteiger partial charge in [0.15, 0.2) is 5.01 Å². The number of nitrogens with zero attached hydrogens (tertiary/aromatic N) is 1. The van der Waals surface area contributed by atoms with E-state index in [1.807, 2.05) is 0 Å². The Kier molecular flexibility index (Phi) is 8.44. The van der Waals surface area contributed by atoms with Crippen LogP contribution in [-0.4, -0.2) is 37.3 Å². The number of ether oxygens (including phenoxy) is 1. The third-order valence-electron chi connectivity index (χ3n) is 6.71. The van der Waals surface area contributed by atoms with Crippen molar-refractivity contribution in [1.82, 2.24) is 15.0 Å². The van der Waals surface area contributed by atoms with Gasteiger partial charge in [-0.2, -0.15) is 0 Å². The van der Waals surface area contributed by atoms with Gasteiger partial charge in [0.2, 0.25) is 10.0 Å². The molecule has 0 unspecified atom stereocenters. The van der Waals surface area contributed by atoms with Crippen LogP contribution in [0.3, 0.4) is 0 Å². The molecule has 0 radical (unpaired) electrons. The maximum Gasteiger partial charge on any atom is 0.573 e. The SMILES string of the molecule is CC(C)(C)NS(=O)(=O)c1ccc(-c2sc(C(=O)NC3CCC3)nc2CC2CCCCC2)c(OC(F)(F)F)c1. The molecule has 2 aliphatic rings. The highest BCUT2D eigenvalue weighted by Crippen LogP contribution is 2.42. The number of benzene rings is 1. The van der Waals surface area contributed by atoms with Crippen LogP contribution >= 0.6 is 11.3 Å². The van der Waals surface area contributed by atoms with Crippen LogP contribution in [0.25, 0.3) is 10.4 Å². The molecule has 2 aliphatic carbocycles. The molecular weight excluding hydrogens is 539 g/mol. The monoisotopic (exact) mass is 573 g/mol. The second-order valence-corrected chi connectivity index (χ2v) is 13.8. The predicted octanol–water partition coefficient (Wildman–Crippen LogP) is 6.19. The fourth-order valence-corrected chi connectivity index (χ4v) is 7.25. The van der Waals surface area contributed by atoms with Crippen molar-refractivity contribution in [1.29, 1.82) is 0 Å². The van der Waals surface area contributed by atoms with Gasteiger partial charge in [0.05, 0.1) is 15.5 Å². The molecule has 2 fully saturated rings. The molecule has 0 atom stereocenters. The Balaban J connectivity index is 1.77. The zero-order valence-corrected chi connectivity index (χ0v) is 23.4. The second kappa shape index (κ2) is 11.1. The van der Waals surface area contributed by atoms with Crippen LogP contribution in [0.5, 0.6) is 5.75 Å². The van der Waals surface area contributed by atoms with Gasteiger partial charge in [0, 0.05) is 23.2 Å². The molecule has 2 aromatic rings. The minimum Gasteiger partial charge on any atom is -0.405 e. The van der Waals surface area contributed by atoms with Crippen LogP contribution < -0.4 is 14.8 Å². The van der Waals surface area contributed by atoms with Crippen molar-refractivity contribution >= 4 is 27.3 Å². The number of nitrogens with one attached hydrogen (secondary N) is 2. The minimum atomic E-state index is -5.05. The molecule has 0 bridgehead atoms. The van der Waals surface area contributed by atoms with Crippen molar-refractivity contribution < 1.29 is 31.1 Å². The van der Waals surface area contributed by atoms with Gasteiger partial charge in [-0.1, -0.05) is 32.1 Å². The molecule has 2 N–H and O–H groups in total. The summed E-state index contributed by atoms with van der Waals surface area (Å²) in [5.74, 6) is -0.675. The molecule has 38 heavy (non-hydrogen) atoms. The van der Waals surface area contributed by atoms with Gasteiger partial charge in [-0.05, 0) is 64.5 Å². The van der Waals surface area contributed by atoms with Crippen molar-refractivity contribution in [2.24, 2.45) is 5.92 Å². The minimum absolute atomic E-state index is 0.0584. The summed E-state index contributed by atoms with van der Waals surface area (Å²) in [6, 6.07) is 3.53. The third kappa shape index (κ3) is 7.47. The summed E-state index contributed by atoms with van der Waals surface area (Å²) >= 11 is 1.01. The van der Waals surface area contributed by atoms with Gasteiger partial charge in [0.1, 0.15) is 5.75 Å². The van der Waals surface area contributed by atoms with Crippen molar-refractivity contribution in [2.75, 3.05) is 0 Å². The second-order valence-electron chi connectivity index (χ2n) is 11.2. The molecule has 0 aliphatic heterocycles. The fraction of sp³-hybridized carbons (Fsp3) is 0.615. The number of halogens is 3. The number of hydrogen-bond acceptors (Lipinski definition) is 6. The molecule has 12 heteroatoms. The predicted molar refractivity (Wildman–Crippen MR) is 140 cm³/mol. The molecule has 210 valence electrons. The lowest BCUT2D eigenvalue weighted by atomic mass is 9.85. The first-order valence-electron chi connectivity index (χ1n) is 12.9. The Hall–Kier alpha value is -2.18. The van der Waals surface area contributed by atoms with Crippen LogP contribution in [0.1, 0.15) is 87.6 Å². The molecule has 0 saturated heterocycles. The molecule has 0 spiro atoms. The molecular formula is C26H34F3N3O4S2. The Morgan fingerprint density at radius 2 is 1.76 bits per heavy atom. The number of rotatable bonds is 8. The zero-order chi connectivity index (χ0) is 27.7. The van der Waals surface area contributed by atoms with Crippen LogP contribution in [0, 0.1) is 5.92 Å². The molecule has 1 amide bonds. The molecule has 7 nitrogen and oxygen atoms in total. The fourth-order valence-electron chi connectivity index (χ4n) is 4.79. The quantitative estimate of drug-likeness (QED) is 0.393. The number of alkyl halides is 3. The standard InChI is InChI=1S/C26H34F3N3O4S2/c1-25(2,3)32-38(34,35)18-12-13-19(21(15-18)36-26(27,28)29)22-20(14-16-8-5-4-6-9-16)31-24(37-22)23(33)30-17-10-7-11-17/h12-13,15-17,32H,4-11,14H2,1-3H3,(H,30,33). The van der Waals surface area contributed by atoms with E-state index < -0.39 is 27.7 Å². The highest BCUT2D eigenvalue weighted by molar-refractivity contribution is 7.89. The van der Waals surface area contributed by atoms with Gasteiger partial charge in [-0.3, -0.25) is 4.79 Å². The number of carbonyl (C=O) groups is 1. The van der Waals surface area contributed by atoms with Gasteiger partial charge in [0.25, 0.3) is 5.91 Å². The summed E-state index contributed by atoms with van der Waals surface area (Å²) < 4.78 is 72.9. The average molecular weight is 574 g/mol. The van der Waals surface area contributed by atoms with E-state index >= 15 is 0 Å². The maximum absolute atomic E-state index is 13.5. The van der Waals surface area contributed by atoms with E-state index in [2.05, 4.69) is 19.8 Å². The Bertz CT molecular complexity index is 1260. The lowest BCUT2D eigenvalue weighted by Crippen LogP contribution is -2.40. The number of hydrogen-bond donors (Lipinski definition) is 2. The normalized spacial score (nSPS) is 17.7. The van der Waals surface area contributed by atoms with Crippen LogP contribution in [0.4, 0.5) is 13.2 Å². The molecule has 1 aromatic heterocycles. The highest BCUT2D eigenvalue weighted by Gasteiger charge is 2.35. The average Bonchev–Trinajstić information content (AvgIpc) is 3.17. The summed E-state index contributed by atoms with van der Waals surface area (Å²) in [6.07, 6.45) is 3.58. The number of amides is 1. The zero-order valence-electron chi connectivity index (χ0n) is 21.8. The first-order chi connectivity index (χ1) is 17.7. The number of carbonyl (C=O) groups excluding carboxylic acids is 1. The number of aromatic nitrogens is 1. The third-order valence-corrected chi connectivity index (χ3v) is 9.60. The Morgan fingerprint density at radius 1 is 1.08 bits per heavy atom. The maximum atomic E-state index is 13.5. The van der Waals surface area contributed by atoms with Gasteiger partial charge in [-0.25, -0.2) is 18.1 Å². The van der Waals surface area contributed by atoms with E-state index in [-0.39, 0.29) is 27.4 Å². The largest absolute Gasteiger partial charge is 0.573 e. The Labute approximate surface area is 225 Å². The lowest BCUT2D eigenvalue weighted by molar-refractivity contribution is -0.274. The van der Waals surface area contributed by atoms with Crippen LogP contribution in [0.2, 0.25) is 0 Å². The molecule has 1 aromatic carbocycles. The number of thiazole rings is 1. The molecule has 1 heterocycles. The van der Waals surface area contributed by atoms with Crippen molar-refractivity contribution in [3.8, 4) is 16.2 Å². The summed E-state index contributed by atoms with van der Waals surface area (Å²) in [4.78, 5) is 17.5. The summed E-state index contributed by atoms with van der Waals surface area (Å²) in [6.45, 7) is 4.91.